The minimum Gasteiger partial charge on any atom is -0.435 e. The predicted octanol–water partition coefficient (Wildman–Crippen LogP) is 3.90. The van der Waals surface area contributed by atoms with Gasteiger partial charge in [0, 0.05) is 38.2 Å². The molecule has 0 atom stereocenters. The fraction of sp³-hybridized carbons (Fsp3) is 0.391. The van der Waals surface area contributed by atoms with Crippen LogP contribution in [0.4, 0.5) is 8.78 Å². The Morgan fingerprint density at radius 1 is 1.00 bits per heavy atom. The molecule has 1 aliphatic heterocycles. The Hall–Kier alpha value is -2.96. The topological polar surface area (TPSA) is 49.9 Å². The maximum Gasteiger partial charge on any atom is 0.387 e. The van der Waals surface area contributed by atoms with Crippen molar-refractivity contribution in [1.82, 2.24) is 9.80 Å². The maximum atomic E-state index is 12.8. The molecule has 0 spiro atoms. The second kappa shape index (κ2) is 10.2. The number of aryl methyl sites for hydroxylation is 2. The van der Waals surface area contributed by atoms with E-state index in [1.54, 1.807) is 17.0 Å². The van der Waals surface area contributed by atoms with Crippen LogP contribution in [0.25, 0.3) is 0 Å². The Morgan fingerprint density at radius 2 is 1.70 bits per heavy atom. The lowest BCUT2D eigenvalue weighted by molar-refractivity contribution is -0.131. The Bertz CT molecular complexity index is 871. The Balaban J connectivity index is 1.50. The quantitative estimate of drug-likeness (QED) is 0.718. The SMILES string of the molecule is Cc1cccc(C(=O)N2CCCN(C(=O)CCc3ccc(OC(F)F)cc3)CC2)c1. The van der Waals surface area contributed by atoms with Gasteiger partial charge in [0.15, 0.2) is 0 Å². The Kier molecular flexibility index (Phi) is 7.38. The van der Waals surface area contributed by atoms with E-state index in [2.05, 4.69) is 4.74 Å². The first kappa shape index (κ1) is 21.7. The molecule has 1 heterocycles. The maximum absolute atomic E-state index is 12.8. The zero-order chi connectivity index (χ0) is 21.5. The number of amides is 2. The van der Waals surface area contributed by atoms with Crippen LogP contribution in [0, 0.1) is 6.92 Å². The van der Waals surface area contributed by atoms with Crippen molar-refractivity contribution in [3.8, 4) is 5.75 Å². The molecule has 160 valence electrons. The summed E-state index contributed by atoms with van der Waals surface area (Å²) in [6.07, 6.45) is 1.60. The van der Waals surface area contributed by atoms with Crippen LogP contribution >= 0.6 is 0 Å². The number of hydrogen-bond donors (Lipinski definition) is 0. The highest BCUT2D eigenvalue weighted by atomic mass is 19.3. The van der Waals surface area contributed by atoms with Gasteiger partial charge in [-0.3, -0.25) is 9.59 Å². The number of carbonyl (C=O) groups is 2. The van der Waals surface area contributed by atoms with Crippen molar-refractivity contribution in [2.45, 2.75) is 32.8 Å². The van der Waals surface area contributed by atoms with Gasteiger partial charge in [0.2, 0.25) is 5.91 Å². The molecule has 0 bridgehead atoms. The molecule has 1 aliphatic rings. The minimum atomic E-state index is -2.85. The highest BCUT2D eigenvalue weighted by Gasteiger charge is 2.22. The van der Waals surface area contributed by atoms with E-state index in [1.165, 1.54) is 12.1 Å². The van der Waals surface area contributed by atoms with E-state index in [1.807, 2.05) is 36.1 Å². The number of nitrogens with zero attached hydrogens (tertiary/aromatic N) is 2. The number of rotatable bonds is 6. The lowest BCUT2D eigenvalue weighted by atomic mass is 10.1. The van der Waals surface area contributed by atoms with Crippen molar-refractivity contribution in [1.29, 1.82) is 0 Å². The third-order valence-electron chi connectivity index (χ3n) is 5.18. The van der Waals surface area contributed by atoms with Crippen molar-refractivity contribution >= 4 is 11.8 Å². The summed E-state index contributed by atoms with van der Waals surface area (Å²) in [5, 5.41) is 0. The molecule has 0 N–H and O–H groups in total. The molecule has 3 rings (SSSR count). The third-order valence-corrected chi connectivity index (χ3v) is 5.18. The average molecular weight is 416 g/mol. The summed E-state index contributed by atoms with van der Waals surface area (Å²) >= 11 is 0. The van der Waals surface area contributed by atoms with Crippen LogP contribution in [-0.4, -0.2) is 54.4 Å². The molecule has 0 radical (unpaired) electrons. The van der Waals surface area contributed by atoms with Crippen molar-refractivity contribution in [3.05, 3.63) is 65.2 Å². The monoisotopic (exact) mass is 416 g/mol. The van der Waals surface area contributed by atoms with Gasteiger partial charge in [-0.1, -0.05) is 29.8 Å². The second-order valence-corrected chi connectivity index (χ2v) is 7.42. The van der Waals surface area contributed by atoms with E-state index in [-0.39, 0.29) is 17.6 Å². The van der Waals surface area contributed by atoms with Gasteiger partial charge in [0.25, 0.3) is 5.91 Å². The molecule has 0 unspecified atom stereocenters. The van der Waals surface area contributed by atoms with Crippen LogP contribution < -0.4 is 4.74 Å². The molecule has 0 aromatic heterocycles. The second-order valence-electron chi connectivity index (χ2n) is 7.42. The van der Waals surface area contributed by atoms with Gasteiger partial charge in [-0.05, 0) is 49.6 Å². The smallest absolute Gasteiger partial charge is 0.387 e. The summed E-state index contributed by atoms with van der Waals surface area (Å²) in [7, 11) is 0. The first-order valence-corrected chi connectivity index (χ1v) is 10.1. The van der Waals surface area contributed by atoms with Gasteiger partial charge >= 0.3 is 6.61 Å². The number of halogens is 2. The van der Waals surface area contributed by atoms with Crippen LogP contribution in [0.2, 0.25) is 0 Å². The molecule has 1 saturated heterocycles. The average Bonchev–Trinajstić information content (AvgIpc) is 2.98. The van der Waals surface area contributed by atoms with Crippen LogP contribution in [0.1, 0.15) is 34.3 Å². The standard InChI is InChI=1S/C23H26F2N2O3/c1-17-4-2-5-19(16-17)22(29)27-13-3-12-26(14-15-27)21(28)11-8-18-6-9-20(10-7-18)30-23(24)25/h2,4-7,9-10,16,23H,3,8,11-15H2,1H3. The summed E-state index contributed by atoms with van der Waals surface area (Å²) in [4.78, 5) is 29.0. The molecule has 2 aromatic rings. The van der Waals surface area contributed by atoms with Crippen LogP contribution in [0.3, 0.4) is 0 Å². The Labute approximate surface area is 175 Å². The van der Waals surface area contributed by atoms with E-state index in [0.717, 1.165) is 17.5 Å². The van der Waals surface area contributed by atoms with Gasteiger partial charge in [-0.25, -0.2) is 0 Å². The van der Waals surface area contributed by atoms with Crippen molar-refractivity contribution in [2.24, 2.45) is 0 Å². The van der Waals surface area contributed by atoms with Crippen LogP contribution in [0.5, 0.6) is 5.75 Å². The normalized spacial score (nSPS) is 14.5. The van der Waals surface area contributed by atoms with E-state index < -0.39 is 6.61 Å². The van der Waals surface area contributed by atoms with E-state index >= 15 is 0 Å². The van der Waals surface area contributed by atoms with Gasteiger partial charge in [-0.2, -0.15) is 8.78 Å². The molecular weight excluding hydrogens is 390 g/mol. The molecule has 30 heavy (non-hydrogen) atoms. The lowest BCUT2D eigenvalue weighted by Gasteiger charge is -2.22. The molecule has 7 heteroatoms. The highest BCUT2D eigenvalue weighted by Crippen LogP contribution is 2.17. The summed E-state index contributed by atoms with van der Waals surface area (Å²) in [5.41, 5.74) is 2.60. The van der Waals surface area contributed by atoms with Crippen molar-refractivity contribution in [2.75, 3.05) is 26.2 Å². The summed E-state index contributed by atoms with van der Waals surface area (Å²) in [6, 6.07) is 13.9. The summed E-state index contributed by atoms with van der Waals surface area (Å²) < 4.78 is 28.7. The largest absolute Gasteiger partial charge is 0.435 e. The Morgan fingerprint density at radius 3 is 2.40 bits per heavy atom. The van der Waals surface area contributed by atoms with E-state index in [4.69, 9.17) is 0 Å². The number of alkyl halides is 2. The van der Waals surface area contributed by atoms with Crippen molar-refractivity contribution < 1.29 is 23.1 Å². The number of hydrogen-bond acceptors (Lipinski definition) is 3. The molecule has 2 aromatic carbocycles. The molecule has 2 amide bonds. The number of benzene rings is 2. The van der Waals surface area contributed by atoms with E-state index in [9.17, 15) is 18.4 Å². The predicted molar refractivity (Wildman–Crippen MR) is 110 cm³/mol. The fourth-order valence-electron chi connectivity index (χ4n) is 3.58. The molecule has 0 aliphatic carbocycles. The van der Waals surface area contributed by atoms with Gasteiger partial charge in [-0.15, -0.1) is 0 Å². The lowest BCUT2D eigenvalue weighted by Crippen LogP contribution is -2.37. The first-order chi connectivity index (χ1) is 14.4. The highest BCUT2D eigenvalue weighted by molar-refractivity contribution is 5.94. The molecule has 1 fully saturated rings. The third kappa shape index (κ3) is 6.02. The van der Waals surface area contributed by atoms with E-state index in [0.29, 0.717) is 44.6 Å². The van der Waals surface area contributed by atoms with Gasteiger partial charge in [0.1, 0.15) is 5.75 Å². The van der Waals surface area contributed by atoms with Gasteiger partial charge < -0.3 is 14.5 Å². The molecule has 0 saturated carbocycles. The molecule has 5 nitrogen and oxygen atoms in total. The minimum absolute atomic E-state index is 0.000828. The van der Waals surface area contributed by atoms with Crippen LogP contribution in [-0.2, 0) is 11.2 Å². The first-order valence-electron chi connectivity index (χ1n) is 10.1. The zero-order valence-corrected chi connectivity index (χ0v) is 17.0. The number of carbonyl (C=O) groups excluding carboxylic acids is 2. The van der Waals surface area contributed by atoms with Crippen molar-refractivity contribution in [3.63, 3.8) is 0 Å². The molecular formula is C23H26F2N2O3. The van der Waals surface area contributed by atoms with Gasteiger partial charge in [0.05, 0.1) is 0 Å². The number of ether oxygens (including phenoxy) is 1. The fourth-order valence-corrected chi connectivity index (χ4v) is 3.58. The zero-order valence-electron chi connectivity index (χ0n) is 17.0. The summed E-state index contributed by atoms with van der Waals surface area (Å²) in [6.45, 7) is 1.38. The summed E-state index contributed by atoms with van der Waals surface area (Å²) in [5.74, 6) is 0.137. The van der Waals surface area contributed by atoms with Crippen LogP contribution in [0.15, 0.2) is 48.5 Å².